The van der Waals surface area contributed by atoms with Crippen molar-refractivity contribution in [1.29, 1.82) is 0 Å². The predicted molar refractivity (Wildman–Crippen MR) is 88.8 cm³/mol. The van der Waals surface area contributed by atoms with Gasteiger partial charge in [-0.3, -0.25) is 9.97 Å². The van der Waals surface area contributed by atoms with Crippen molar-refractivity contribution in [2.75, 3.05) is 39.3 Å². The van der Waals surface area contributed by atoms with Gasteiger partial charge in [-0.15, -0.1) is 0 Å². The van der Waals surface area contributed by atoms with Crippen LogP contribution in [0, 0.1) is 0 Å². The van der Waals surface area contributed by atoms with Crippen LogP contribution in [0.5, 0.6) is 0 Å². The predicted octanol–water partition coefficient (Wildman–Crippen LogP) is 1.88. The Morgan fingerprint density at radius 2 is 1.14 bits per heavy atom. The van der Waals surface area contributed by atoms with Crippen LogP contribution in [0.1, 0.15) is 11.4 Å². The molecule has 0 radical (unpaired) electrons. The molecule has 0 amide bonds. The molecule has 1 aliphatic rings. The summed E-state index contributed by atoms with van der Waals surface area (Å²) in [6.07, 6.45) is 5.86. The van der Waals surface area contributed by atoms with Gasteiger partial charge in [0.05, 0.1) is 0 Å². The lowest BCUT2D eigenvalue weighted by atomic mass is 10.2. The minimum atomic E-state index is 1.05. The van der Waals surface area contributed by atoms with Gasteiger partial charge in [-0.2, -0.15) is 0 Å². The normalized spacial score (nSPS) is 16.7. The molecule has 0 spiro atoms. The largest absolute Gasteiger partial charge is 0.300 e. The van der Waals surface area contributed by atoms with Gasteiger partial charge in [0.25, 0.3) is 0 Å². The molecule has 0 atom stereocenters. The molecule has 4 heteroatoms. The van der Waals surface area contributed by atoms with Crippen molar-refractivity contribution in [3.63, 3.8) is 0 Å². The molecule has 116 valence electrons. The van der Waals surface area contributed by atoms with E-state index in [9.17, 15) is 0 Å². The average Bonchev–Trinajstić information content (AvgIpc) is 2.61. The van der Waals surface area contributed by atoms with Crippen LogP contribution < -0.4 is 0 Å². The van der Waals surface area contributed by atoms with Gasteiger partial charge >= 0.3 is 0 Å². The molecular formula is C18H24N4. The fraction of sp³-hybridized carbons (Fsp3) is 0.444. The second-order valence-corrected chi connectivity index (χ2v) is 5.83. The smallest absolute Gasteiger partial charge is 0.0416 e. The third kappa shape index (κ3) is 4.61. The van der Waals surface area contributed by atoms with Gasteiger partial charge in [0.1, 0.15) is 0 Å². The van der Waals surface area contributed by atoms with Crippen LogP contribution in [-0.4, -0.2) is 59.0 Å². The van der Waals surface area contributed by atoms with E-state index in [0.717, 1.165) is 52.1 Å². The molecular weight excluding hydrogens is 272 g/mol. The molecule has 3 rings (SSSR count). The number of aromatic nitrogens is 2. The first-order chi connectivity index (χ1) is 10.9. The number of nitrogens with zero attached hydrogens (tertiary/aromatic N) is 4. The highest BCUT2D eigenvalue weighted by Gasteiger charge is 2.16. The van der Waals surface area contributed by atoms with E-state index in [1.54, 1.807) is 0 Å². The molecule has 0 saturated carbocycles. The Balaban J connectivity index is 1.35. The van der Waals surface area contributed by atoms with Crippen LogP contribution in [0.4, 0.5) is 0 Å². The molecule has 22 heavy (non-hydrogen) atoms. The topological polar surface area (TPSA) is 32.3 Å². The average molecular weight is 296 g/mol. The maximum absolute atomic E-state index is 4.40. The van der Waals surface area contributed by atoms with E-state index >= 15 is 0 Å². The minimum Gasteiger partial charge on any atom is -0.300 e. The first-order valence-electron chi connectivity index (χ1n) is 8.15. The molecule has 0 aromatic carbocycles. The first kappa shape index (κ1) is 15.1. The molecule has 4 nitrogen and oxygen atoms in total. The van der Waals surface area contributed by atoms with E-state index in [4.69, 9.17) is 0 Å². The van der Waals surface area contributed by atoms with Crippen LogP contribution in [0.2, 0.25) is 0 Å². The summed E-state index contributed by atoms with van der Waals surface area (Å²) >= 11 is 0. The van der Waals surface area contributed by atoms with Crippen LogP contribution in [0.3, 0.4) is 0 Å². The fourth-order valence-corrected chi connectivity index (χ4v) is 2.87. The molecule has 1 saturated heterocycles. The number of hydrogen-bond acceptors (Lipinski definition) is 4. The summed E-state index contributed by atoms with van der Waals surface area (Å²) in [5, 5.41) is 0. The van der Waals surface area contributed by atoms with Crippen molar-refractivity contribution in [1.82, 2.24) is 19.8 Å². The fourth-order valence-electron chi connectivity index (χ4n) is 2.87. The highest BCUT2D eigenvalue weighted by Crippen LogP contribution is 2.05. The van der Waals surface area contributed by atoms with Crippen LogP contribution in [-0.2, 0) is 12.8 Å². The van der Waals surface area contributed by atoms with Crippen LogP contribution >= 0.6 is 0 Å². The number of pyridine rings is 2. The lowest BCUT2D eigenvalue weighted by Gasteiger charge is -2.34. The van der Waals surface area contributed by atoms with Gasteiger partial charge in [0.15, 0.2) is 0 Å². The molecule has 1 fully saturated rings. The Morgan fingerprint density at radius 1 is 0.682 bits per heavy atom. The molecule has 2 aromatic rings. The lowest BCUT2D eigenvalue weighted by Crippen LogP contribution is -2.47. The van der Waals surface area contributed by atoms with E-state index in [2.05, 4.69) is 44.0 Å². The summed E-state index contributed by atoms with van der Waals surface area (Å²) in [7, 11) is 0. The molecule has 1 aliphatic heterocycles. The maximum atomic E-state index is 4.40. The van der Waals surface area contributed by atoms with Crippen molar-refractivity contribution >= 4 is 0 Å². The highest BCUT2D eigenvalue weighted by molar-refractivity contribution is 5.04. The SMILES string of the molecule is c1ccc(CCN2CCN(CCc3ccccn3)CC2)nc1. The molecule has 0 bridgehead atoms. The standard InChI is InChI=1S/C18H24N4/c1-3-9-19-17(5-1)7-11-21-13-15-22(16-14-21)12-8-18-6-2-4-10-20-18/h1-6,9-10H,7-8,11-16H2. The first-order valence-corrected chi connectivity index (χ1v) is 8.15. The molecule has 0 aliphatic carbocycles. The second kappa shape index (κ2) is 8.01. The van der Waals surface area contributed by atoms with Crippen molar-refractivity contribution in [2.24, 2.45) is 0 Å². The summed E-state index contributed by atoms with van der Waals surface area (Å²) in [5.74, 6) is 0. The quantitative estimate of drug-likeness (QED) is 0.815. The van der Waals surface area contributed by atoms with Gasteiger partial charge in [0.2, 0.25) is 0 Å². The monoisotopic (exact) mass is 296 g/mol. The summed E-state index contributed by atoms with van der Waals surface area (Å²) in [5.41, 5.74) is 2.39. The number of piperazine rings is 1. The molecule has 2 aromatic heterocycles. The van der Waals surface area contributed by atoms with Gasteiger partial charge < -0.3 is 9.80 Å². The third-order valence-corrected chi connectivity index (χ3v) is 4.29. The van der Waals surface area contributed by atoms with Gasteiger partial charge in [0, 0.05) is 75.9 Å². The van der Waals surface area contributed by atoms with Gasteiger partial charge in [-0.1, -0.05) is 12.1 Å². The van der Waals surface area contributed by atoms with Crippen molar-refractivity contribution < 1.29 is 0 Å². The summed E-state index contributed by atoms with van der Waals surface area (Å²) < 4.78 is 0. The van der Waals surface area contributed by atoms with Crippen LogP contribution in [0.15, 0.2) is 48.8 Å². The summed E-state index contributed by atoms with van der Waals surface area (Å²) in [6.45, 7) is 6.88. The third-order valence-electron chi connectivity index (χ3n) is 4.29. The Kier molecular flexibility index (Phi) is 5.51. The minimum absolute atomic E-state index is 1.05. The highest BCUT2D eigenvalue weighted by atomic mass is 15.3. The zero-order valence-electron chi connectivity index (χ0n) is 13.1. The van der Waals surface area contributed by atoms with E-state index in [0.29, 0.717) is 0 Å². The number of hydrogen-bond donors (Lipinski definition) is 0. The van der Waals surface area contributed by atoms with Crippen molar-refractivity contribution in [2.45, 2.75) is 12.8 Å². The van der Waals surface area contributed by atoms with Gasteiger partial charge in [-0.25, -0.2) is 0 Å². The molecule has 0 N–H and O–H groups in total. The second-order valence-electron chi connectivity index (χ2n) is 5.83. The summed E-state index contributed by atoms with van der Waals surface area (Å²) in [6, 6.07) is 12.3. The van der Waals surface area contributed by atoms with E-state index < -0.39 is 0 Å². The molecule has 3 heterocycles. The Labute approximate surface area is 132 Å². The molecule has 0 unspecified atom stereocenters. The zero-order valence-corrected chi connectivity index (χ0v) is 13.1. The Bertz CT molecular complexity index is 484. The maximum Gasteiger partial charge on any atom is 0.0416 e. The number of rotatable bonds is 6. The zero-order chi connectivity index (χ0) is 15.0. The van der Waals surface area contributed by atoms with E-state index in [1.807, 2.05) is 24.5 Å². The van der Waals surface area contributed by atoms with Crippen molar-refractivity contribution in [3.05, 3.63) is 60.2 Å². The van der Waals surface area contributed by atoms with Crippen LogP contribution in [0.25, 0.3) is 0 Å². The van der Waals surface area contributed by atoms with Gasteiger partial charge in [-0.05, 0) is 24.3 Å². The van der Waals surface area contributed by atoms with E-state index in [-0.39, 0.29) is 0 Å². The Morgan fingerprint density at radius 3 is 1.50 bits per heavy atom. The lowest BCUT2D eigenvalue weighted by molar-refractivity contribution is 0.134. The summed E-state index contributed by atoms with van der Waals surface area (Å²) in [4.78, 5) is 13.9. The Hall–Kier alpha value is -1.78. The van der Waals surface area contributed by atoms with E-state index in [1.165, 1.54) is 11.4 Å². The van der Waals surface area contributed by atoms with Crippen molar-refractivity contribution in [3.8, 4) is 0 Å².